The molecule has 1 aliphatic rings. The molecule has 0 spiro atoms. The van der Waals surface area contributed by atoms with E-state index in [-0.39, 0.29) is 42.3 Å². The number of carbonyl (C=O) groups is 5. The fourth-order valence-corrected chi connectivity index (χ4v) is 8.30. The third kappa shape index (κ3) is 14.2. The Morgan fingerprint density at radius 2 is 1.78 bits per heavy atom. The lowest BCUT2D eigenvalue weighted by atomic mass is 9.84. The van der Waals surface area contributed by atoms with Gasteiger partial charge in [0.05, 0.1) is 17.5 Å². The van der Waals surface area contributed by atoms with Crippen LogP contribution in [0, 0.1) is 11.3 Å². The van der Waals surface area contributed by atoms with Crippen LogP contribution in [0.15, 0.2) is 41.8 Å². The number of hydrogen-bond donors (Lipinski definition) is 4. The zero-order chi connectivity index (χ0) is 43.2. The highest BCUT2D eigenvalue weighted by Gasteiger charge is 2.38. The molecule has 3 amide bonds. The van der Waals surface area contributed by atoms with Gasteiger partial charge in [-0.2, -0.15) is 0 Å². The van der Waals surface area contributed by atoms with Gasteiger partial charge in [0.15, 0.2) is 6.10 Å². The number of nitrogens with two attached hydrogens (primary N) is 1. The van der Waals surface area contributed by atoms with Gasteiger partial charge in [0.25, 0.3) is 5.91 Å². The van der Waals surface area contributed by atoms with Gasteiger partial charge in [0.2, 0.25) is 11.8 Å². The monoisotopic (exact) mass is 824 g/mol. The van der Waals surface area contributed by atoms with E-state index < -0.39 is 47.5 Å². The zero-order valence-corrected chi connectivity index (χ0v) is 36.8. The molecule has 0 saturated carbocycles. The predicted molar refractivity (Wildman–Crippen MR) is 229 cm³/mol. The second-order valence-electron chi connectivity index (χ2n) is 16.7. The minimum atomic E-state index is -1.13. The van der Waals surface area contributed by atoms with Crippen molar-refractivity contribution in [2.24, 2.45) is 11.3 Å². The average molecular weight is 825 g/mol. The number of esters is 1. The third-order valence-electron chi connectivity index (χ3n) is 11.2. The number of carbonyl (C=O) groups excluding carboxylic acids is 4. The summed E-state index contributed by atoms with van der Waals surface area (Å²) in [6.07, 6.45) is 6.83. The van der Waals surface area contributed by atoms with Crippen LogP contribution in [-0.4, -0.2) is 93.9 Å². The maximum Gasteiger partial charge on any atom is 0.309 e. The SMILES string of the molecule is C=C(C)[C@@H](C[C@@H](OC(C)=O)c1nc(C(=O)N[C@@H](Cc2ccc(N)cc2)CC(C)(C)C(=O)O)cs1)N(CCCCCC)C(=O)[C@@H](NC(=O)[C@H]1CCCCN1C)[C@@H](C)CC. The molecule has 5 N–H and O–H groups in total. The topological polar surface area (TPSA) is 184 Å². The number of thiazole rings is 1. The maximum absolute atomic E-state index is 14.8. The lowest BCUT2D eigenvalue weighted by Gasteiger charge is -2.39. The van der Waals surface area contributed by atoms with Crippen molar-refractivity contribution in [1.29, 1.82) is 0 Å². The van der Waals surface area contributed by atoms with Crippen LogP contribution >= 0.6 is 11.3 Å². The molecule has 13 nitrogen and oxygen atoms in total. The van der Waals surface area contributed by atoms with Crippen molar-refractivity contribution in [3.8, 4) is 0 Å². The molecular formula is C44H68N6O7S. The number of piperidine rings is 1. The van der Waals surface area contributed by atoms with E-state index in [2.05, 4.69) is 34.0 Å². The zero-order valence-electron chi connectivity index (χ0n) is 36.0. The predicted octanol–water partition coefficient (Wildman–Crippen LogP) is 6.93. The Hall–Kier alpha value is -4.30. The average Bonchev–Trinajstić information content (AvgIpc) is 3.67. The van der Waals surface area contributed by atoms with E-state index in [1.54, 1.807) is 36.3 Å². The van der Waals surface area contributed by atoms with Crippen molar-refractivity contribution in [3.05, 3.63) is 58.1 Å². The summed E-state index contributed by atoms with van der Waals surface area (Å²) in [5.74, 6) is -2.53. The fraction of sp³-hybridized carbons (Fsp3) is 0.636. The van der Waals surface area contributed by atoms with Gasteiger partial charge in [-0.3, -0.25) is 28.9 Å². The van der Waals surface area contributed by atoms with Gasteiger partial charge in [-0.1, -0.05) is 77.2 Å². The third-order valence-corrected chi connectivity index (χ3v) is 12.2. The number of nitrogen functional groups attached to an aromatic ring is 1. The van der Waals surface area contributed by atoms with Crippen LogP contribution in [0.4, 0.5) is 5.69 Å². The van der Waals surface area contributed by atoms with Crippen molar-refractivity contribution in [3.63, 3.8) is 0 Å². The Morgan fingerprint density at radius 1 is 1.09 bits per heavy atom. The number of carboxylic acids is 1. The lowest BCUT2D eigenvalue weighted by Crippen LogP contribution is -2.58. The number of anilines is 1. The van der Waals surface area contributed by atoms with Crippen LogP contribution in [0.1, 0.15) is 140 Å². The number of aliphatic carboxylic acids is 1. The molecule has 0 radical (unpaired) electrons. The summed E-state index contributed by atoms with van der Waals surface area (Å²) in [6, 6.07) is 5.01. The van der Waals surface area contributed by atoms with Crippen LogP contribution < -0.4 is 16.4 Å². The van der Waals surface area contributed by atoms with E-state index in [1.165, 1.54) is 6.92 Å². The molecule has 322 valence electrons. The number of amides is 3. The van der Waals surface area contributed by atoms with Gasteiger partial charge >= 0.3 is 11.9 Å². The number of likely N-dealkylation sites (N-methyl/N-ethyl adjacent to an activating group) is 1. The van der Waals surface area contributed by atoms with Gasteiger partial charge in [-0.05, 0) is 90.1 Å². The second kappa shape index (κ2) is 22.7. The molecule has 1 aromatic carbocycles. The standard InChI is InChI=1S/C44H68N6O7S/c1-10-12-13-15-23-50(42(54)38(29(5)11-2)48-40(53)35-17-14-16-22-49(35)9)36(28(3)4)25-37(57-30(6)51)41-47-34(27-58-41)39(52)46-33(26-44(7,8)43(55)56)24-31-18-20-32(45)21-19-31/h18-21,27,29,33,35-38H,3,10-17,22-26,45H2,1-2,4-9H3,(H,46,52)(H,48,53)(H,55,56)/t29-,33-,35+,36+,37+,38-/m0/s1. The van der Waals surface area contributed by atoms with Crippen molar-refractivity contribution in [2.45, 2.75) is 149 Å². The molecule has 1 fully saturated rings. The van der Waals surface area contributed by atoms with E-state index in [1.807, 2.05) is 40.0 Å². The minimum Gasteiger partial charge on any atom is -0.481 e. The number of benzene rings is 1. The van der Waals surface area contributed by atoms with Gasteiger partial charge in [-0.25, -0.2) is 4.98 Å². The highest BCUT2D eigenvalue weighted by atomic mass is 32.1. The number of hydrogen-bond acceptors (Lipinski definition) is 10. The first-order chi connectivity index (χ1) is 27.4. The Kier molecular flexibility index (Phi) is 18.8. The number of unbranched alkanes of at least 4 members (excludes halogenated alkanes) is 3. The molecule has 14 heteroatoms. The van der Waals surface area contributed by atoms with E-state index in [0.29, 0.717) is 35.7 Å². The maximum atomic E-state index is 14.8. The van der Waals surface area contributed by atoms with Gasteiger partial charge in [-0.15, -0.1) is 11.3 Å². The van der Waals surface area contributed by atoms with Crippen LogP contribution in [-0.2, 0) is 30.3 Å². The van der Waals surface area contributed by atoms with Crippen molar-refractivity contribution in [2.75, 3.05) is 25.9 Å². The van der Waals surface area contributed by atoms with Crippen molar-refractivity contribution >= 4 is 46.7 Å². The van der Waals surface area contributed by atoms with Crippen molar-refractivity contribution in [1.82, 2.24) is 25.4 Å². The van der Waals surface area contributed by atoms with E-state index in [4.69, 9.17) is 10.5 Å². The molecular weight excluding hydrogens is 757 g/mol. The van der Waals surface area contributed by atoms with Gasteiger partial charge in [0, 0.05) is 37.0 Å². The number of rotatable bonds is 23. The summed E-state index contributed by atoms with van der Waals surface area (Å²) in [7, 11) is 1.95. The molecule has 1 aliphatic heterocycles. The van der Waals surface area contributed by atoms with E-state index in [9.17, 15) is 29.1 Å². The molecule has 2 aromatic rings. The van der Waals surface area contributed by atoms with E-state index >= 15 is 0 Å². The minimum absolute atomic E-state index is 0.0965. The molecule has 0 unspecified atom stereocenters. The first-order valence-corrected chi connectivity index (χ1v) is 21.7. The molecule has 0 bridgehead atoms. The summed E-state index contributed by atoms with van der Waals surface area (Å²) >= 11 is 1.16. The second-order valence-corrected chi connectivity index (χ2v) is 17.6. The molecule has 3 rings (SSSR count). The quantitative estimate of drug-likeness (QED) is 0.0397. The molecule has 6 atom stereocenters. The number of likely N-dealkylation sites (tertiary alicyclic amines) is 1. The molecule has 0 aliphatic carbocycles. The Labute approximate surface area is 349 Å². The molecule has 1 aromatic heterocycles. The Morgan fingerprint density at radius 3 is 2.36 bits per heavy atom. The normalized spacial score (nSPS) is 17.3. The molecule has 1 saturated heterocycles. The summed E-state index contributed by atoms with van der Waals surface area (Å²) in [4.78, 5) is 75.4. The summed E-state index contributed by atoms with van der Waals surface area (Å²) < 4.78 is 5.88. The van der Waals surface area contributed by atoms with Crippen LogP contribution in [0.5, 0.6) is 0 Å². The Balaban J connectivity index is 1.94. The van der Waals surface area contributed by atoms with E-state index in [0.717, 1.165) is 68.4 Å². The Bertz CT molecular complexity index is 1690. The van der Waals surface area contributed by atoms with Crippen molar-refractivity contribution < 1.29 is 33.8 Å². The van der Waals surface area contributed by atoms with Crippen LogP contribution in [0.3, 0.4) is 0 Å². The highest BCUT2D eigenvalue weighted by Crippen LogP contribution is 2.32. The number of nitrogens with zero attached hydrogens (tertiary/aromatic N) is 3. The smallest absolute Gasteiger partial charge is 0.309 e. The summed E-state index contributed by atoms with van der Waals surface area (Å²) in [5.41, 5.74) is 7.00. The fourth-order valence-electron chi connectivity index (χ4n) is 7.46. The first-order valence-electron chi connectivity index (χ1n) is 20.9. The van der Waals surface area contributed by atoms with Gasteiger partial charge in [0.1, 0.15) is 16.7 Å². The molecule has 58 heavy (non-hydrogen) atoms. The first kappa shape index (κ1) is 48.1. The highest BCUT2D eigenvalue weighted by molar-refractivity contribution is 7.09. The van der Waals surface area contributed by atoms with Crippen LogP contribution in [0.2, 0.25) is 0 Å². The summed E-state index contributed by atoms with van der Waals surface area (Å²) in [6.45, 7) is 18.0. The number of ether oxygens (including phenoxy) is 1. The lowest BCUT2D eigenvalue weighted by molar-refractivity contribution is -0.149. The number of nitrogens with one attached hydrogen (secondary N) is 2. The number of aromatic nitrogens is 1. The van der Waals surface area contributed by atoms with Gasteiger partial charge < -0.3 is 31.1 Å². The number of carboxylic acid groups (broad SMARTS) is 1. The summed E-state index contributed by atoms with van der Waals surface area (Å²) in [5, 5.41) is 18.0. The largest absolute Gasteiger partial charge is 0.481 e. The van der Waals surface area contributed by atoms with Crippen LogP contribution in [0.25, 0.3) is 0 Å². The molecule has 2 heterocycles.